The summed E-state index contributed by atoms with van der Waals surface area (Å²) in [6.45, 7) is 0. The third-order valence-electron chi connectivity index (χ3n) is 4.90. The van der Waals surface area contributed by atoms with Gasteiger partial charge >= 0.3 is 12.1 Å². The summed E-state index contributed by atoms with van der Waals surface area (Å²) in [6, 6.07) is 21.6. The molecule has 0 unspecified atom stereocenters. The number of alkyl halides is 3. The third-order valence-corrected chi connectivity index (χ3v) is 5.15. The number of carbonyl (C=O) groups is 1. The maximum Gasteiger partial charge on any atom is 0.418 e. The maximum atomic E-state index is 13.8. The second-order valence-electron chi connectivity index (χ2n) is 6.84. The SMILES string of the molecule is O=C(O)c1ccc(-c2ccc(-c3ccc(Cl)cc3)n2-c2ccccc2C(F)(F)F)cc1. The van der Waals surface area contributed by atoms with Crippen molar-refractivity contribution in [2.75, 3.05) is 0 Å². The fourth-order valence-electron chi connectivity index (χ4n) is 3.46. The van der Waals surface area contributed by atoms with Crippen LogP contribution in [0.25, 0.3) is 28.2 Å². The van der Waals surface area contributed by atoms with Crippen LogP contribution in [0, 0.1) is 0 Å². The minimum atomic E-state index is -4.55. The molecule has 0 saturated carbocycles. The van der Waals surface area contributed by atoms with E-state index in [0.29, 0.717) is 27.5 Å². The molecule has 0 saturated heterocycles. The molecule has 0 aliphatic heterocycles. The number of carboxylic acid groups (broad SMARTS) is 1. The molecule has 0 fully saturated rings. The Morgan fingerprint density at radius 3 is 1.81 bits per heavy atom. The molecule has 1 heterocycles. The van der Waals surface area contributed by atoms with Gasteiger partial charge in [0.25, 0.3) is 0 Å². The average molecular weight is 442 g/mol. The number of halogens is 4. The zero-order valence-corrected chi connectivity index (χ0v) is 16.7. The van der Waals surface area contributed by atoms with Gasteiger partial charge in [-0.1, -0.05) is 48.0 Å². The van der Waals surface area contributed by atoms with E-state index in [1.165, 1.54) is 28.8 Å². The molecule has 0 radical (unpaired) electrons. The molecular formula is C24H15ClF3NO2. The second kappa shape index (κ2) is 7.96. The zero-order valence-electron chi connectivity index (χ0n) is 15.9. The standard InChI is InChI=1S/C24H15ClF3NO2/c25-18-11-9-16(10-12-18)21-14-13-20(15-5-7-17(8-6-15)23(30)31)29(21)22-4-2-1-3-19(22)24(26,27)28/h1-14H,(H,30,31). The van der Waals surface area contributed by atoms with Gasteiger partial charge in [0.05, 0.1) is 28.2 Å². The van der Waals surface area contributed by atoms with Crippen molar-refractivity contribution in [3.05, 3.63) is 101 Å². The van der Waals surface area contributed by atoms with Crippen LogP contribution in [0.5, 0.6) is 0 Å². The summed E-state index contributed by atoms with van der Waals surface area (Å²) in [5.74, 6) is -1.08. The molecule has 0 amide bonds. The first-order valence-electron chi connectivity index (χ1n) is 9.24. The lowest BCUT2D eigenvalue weighted by Crippen LogP contribution is -2.12. The second-order valence-corrected chi connectivity index (χ2v) is 7.28. The Morgan fingerprint density at radius 1 is 0.774 bits per heavy atom. The van der Waals surface area contributed by atoms with Crippen molar-refractivity contribution in [2.45, 2.75) is 6.18 Å². The average Bonchev–Trinajstić information content (AvgIpc) is 3.18. The lowest BCUT2D eigenvalue weighted by atomic mass is 10.1. The van der Waals surface area contributed by atoms with Crippen molar-refractivity contribution in [1.29, 1.82) is 0 Å². The molecule has 0 atom stereocenters. The Balaban J connectivity index is 1.98. The predicted octanol–water partition coefficient (Wildman–Crippen LogP) is 7.18. The number of benzene rings is 3. The number of nitrogens with zero attached hydrogens (tertiary/aromatic N) is 1. The summed E-state index contributed by atoms with van der Waals surface area (Å²) in [6.07, 6.45) is -4.55. The number of hydrogen-bond donors (Lipinski definition) is 1. The monoisotopic (exact) mass is 441 g/mol. The summed E-state index contributed by atoms with van der Waals surface area (Å²) in [4.78, 5) is 11.2. The first kappa shape index (κ1) is 20.8. The Labute approximate surface area is 181 Å². The summed E-state index contributed by atoms with van der Waals surface area (Å²) in [5, 5.41) is 9.65. The van der Waals surface area contributed by atoms with E-state index in [0.717, 1.165) is 6.07 Å². The summed E-state index contributed by atoms with van der Waals surface area (Å²) >= 11 is 5.98. The normalized spacial score (nSPS) is 11.5. The van der Waals surface area contributed by atoms with Crippen LogP contribution in [0.2, 0.25) is 5.02 Å². The molecular weight excluding hydrogens is 427 g/mol. The molecule has 0 spiro atoms. The number of aromatic nitrogens is 1. The predicted molar refractivity (Wildman–Crippen MR) is 114 cm³/mol. The van der Waals surface area contributed by atoms with E-state index in [4.69, 9.17) is 16.7 Å². The molecule has 156 valence electrons. The Hall–Kier alpha value is -3.51. The molecule has 3 nitrogen and oxygen atoms in total. The van der Waals surface area contributed by atoms with Crippen molar-refractivity contribution in [3.8, 4) is 28.2 Å². The van der Waals surface area contributed by atoms with Crippen LogP contribution in [-0.4, -0.2) is 15.6 Å². The summed E-state index contributed by atoms with van der Waals surface area (Å²) in [7, 11) is 0. The molecule has 4 rings (SSSR count). The molecule has 0 aliphatic rings. The number of para-hydroxylation sites is 1. The highest BCUT2D eigenvalue weighted by molar-refractivity contribution is 6.30. The Morgan fingerprint density at radius 2 is 1.29 bits per heavy atom. The number of rotatable bonds is 4. The van der Waals surface area contributed by atoms with E-state index in [2.05, 4.69) is 0 Å². The molecule has 1 N–H and O–H groups in total. The molecule has 1 aromatic heterocycles. The minimum absolute atomic E-state index is 0.0257. The van der Waals surface area contributed by atoms with Crippen molar-refractivity contribution < 1.29 is 23.1 Å². The highest BCUT2D eigenvalue weighted by atomic mass is 35.5. The van der Waals surface area contributed by atoms with Gasteiger partial charge in [0.2, 0.25) is 0 Å². The molecule has 31 heavy (non-hydrogen) atoms. The highest BCUT2D eigenvalue weighted by Crippen LogP contribution is 2.39. The van der Waals surface area contributed by atoms with Gasteiger partial charge < -0.3 is 9.67 Å². The first-order valence-corrected chi connectivity index (χ1v) is 9.61. The topological polar surface area (TPSA) is 42.2 Å². The number of carboxylic acids is 1. The van der Waals surface area contributed by atoms with Crippen LogP contribution in [0.1, 0.15) is 15.9 Å². The van der Waals surface area contributed by atoms with E-state index in [9.17, 15) is 18.0 Å². The van der Waals surface area contributed by atoms with Crippen LogP contribution >= 0.6 is 11.6 Å². The fourth-order valence-corrected chi connectivity index (χ4v) is 3.59. The van der Waals surface area contributed by atoms with Crippen molar-refractivity contribution in [3.63, 3.8) is 0 Å². The maximum absolute atomic E-state index is 13.8. The van der Waals surface area contributed by atoms with Crippen LogP contribution in [0.4, 0.5) is 13.2 Å². The van der Waals surface area contributed by atoms with Crippen molar-refractivity contribution in [1.82, 2.24) is 4.57 Å². The van der Waals surface area contributed by atoms with Crippen molar-refractivity contribution in [2.24, 2.45) is 0 Å². The molecule has 0 aliphatic carbocycles. The van der Waals surface area contributed by atoms with E-state index >= 15 is 0 Å². The largest absolute Gasteiger partial charge is 0.478 e. The van der Waals surface area contributed by atoms with Crippen LogP contribution in [-0.2, 0) is 6.18 Å². The summed E-state index contributed by atoms with van der Waals surface area (Å²) in [5.41, 5.74) is 1.61. The highest BCUT2D eigenvalue weighted by Gasteiger charge is 2.34. The molecule has 4 aromatic rings. The quantitative estimate of drug-likeness (QED) is 0.364. The van der Waals surface area contributed by atoms with Gasteiger partial charge in [0.1, 0.15) is 0 Å². The van der Waals surface area contributed by atoms with Gasteiger partial charge in [-0.15, -0.1) is 0 Å². The number of aromatic carboxylic acids is 1. The molecule has 0 bridgehead atoms. The lowest BCUT2D eigenvalue weighted by molar-refractivity contribution is -0.137. The van der Waals surface area contributed by atoms with Gasteiger partial charge in [0, 0.05) is 5.02 Å². The summed E-state index contributed by atoms with van der Waals surface area (Å²) < 4.78 is 43.0. The zero-order chi connectivity index (χ0) is 22.2. The van der Waals surface area contributed by atoms with E-state index < -0.39 is 17.7 Å². The molecule has 7 heteroatoms. The van der Waals surface area contributed by atoms with Crippen molar-refractivity contribution >= 4 is 17.6 Å². The minimum Gasteiger partial charge on any atom is -0.478 e. The Kier molecular flexibility index (Phi) is 5.33. The smallest absolute Gasteiger partial charge is 0.418 e. The van der Waals surface area contributed by atoms with Gasteiger partial charge in [0.15, 0.2) is 0 Å². The third kappa shape index (κ3) is 4.07. The fraction of sp³-hybridized carbons (Fsp3) is 0.0417. The van der Waals surface area contributed by atoms with E-state index in [1.807, 2.05) is 0 Å². The number of hydrogen-bond acceptors (Lipinski definition) is 1. The van der Waals surface area contributed by atoms with Crippen LogP contribution < -0.4 is 0 Å². The first-order chi connectivity index (χ1) is 14.8. The van der Waals surface area contributed by atoms with Crippen LogP contribution in [0.15, 0.2) is 84.9 Å². The molecule has 3 aromatic carbocycles. The van der Waals surface area contributed by atoms with Crippen LogP contribution in [0.3, 0.4) is 0 Å². The van der Waals surface area contributed by atoms with E-state index in [-0.39, 0.29) is 11.3 Å². The van der Waals surface area contributed by atoms with Gasteiger partial charge in [-0.2, -0.15) is 13.2 Å². The van der Waals surface area contributed by atoms with E-state index in [1.54, 1.807) is 54.6 Å². The lowest BCUT2D eigenvalue weighted by Gasteiger charge is -2.19. The van der Waals surface area contributed by atoms with Gasteiger partial charge in [-0.25, -0.2) is 4.79 Å². The van der Waals surface area contributed by atoms with Gasteiger partial charge in [-0.05, 0) is 59.7 Å². The Bertz CT molecular complexity index is 1240. The van der Waals surface area contributed by atoms with Gasteiger partial charge in [-0.3, -0.25) is 0 Å².